The first-order valence-electron chi connectivity index (χ1n) is 6.69. The Morgan fingerprint density at radius 2 is 2.00 bits per heavy atom. The second kappa shape index (κ2) is 6.39. The van der Waals surface area contributed by atoms with Crippen LogP contribution >= 0.6 is 0 Å². The largest absolute Gasteiger partial charge is 0.485 e. The molecule has 0 unspecified atom stereocenters. The van der Waals surface area contributed by atoms with Gasteiger partial charge in [-0.25, -0.2) is 4.98 Å². The van der Waals surface area contributed by atoms with Gasteiger partial charge < -0.3 is 15.2 Å². The van der Waals surface area contributed by atoms with Crippen molar-refractivity contribution in [3.05, 3.63) is 47.7 Å². The minimum atomic E-state index is 0.0676. The quantitative estimate of drug-likeness (QED) is 0.906. The van der Waals surface area contributed by atoms with Crippen LogP contribution in [0, 0.1) is 6.92 Å². The lowest BCUT2D eigenvalue weighted by Gasteiger charge is -2.15. The third-order valence-corrected chi connectivity index (χ3v) is 2.79. The zero-order chi connectivity index (χ0) is 14.5. The van der Waals surface area contributed by atoms with E-state index in [-0.39, 0.29) is 6.10 Å². The van der Waals surface area contributed by atoms with Crippen molar-refractivity contribution in [3.8, 4) is 17.4 Å². The normalized spacial score (nSPS) is 10.7. The van der Waals surface area contributed by atoms with Gasteiger partial charge in [-0.15, -0.1) is 0 Å². The summed E-state index contributed by atoms with van der Waals surface area (Å²) < 4.78 is 11.6. The molecule has 1 aromatic heterocycles. The summed E-state index contributed by atoms with van der Waals surface area (Å²) in [7, 11) is 0. The highest BCUT2D eigenvalue weighted by atomic mass is 16.5. The molecule has 0 saturated heterocycles. The van der Waals surface area contributed by atoms with E-state index in [1.54, 1.807) is 6.20 Å². The van der Waals surface area contributed by atoms with Crippen molar-refractivity contribution in [2.45, 2.75) is 33.4 Å². The Bertz CT molecular complexity index is 582. The molecule has 20 heavy (non-hydrogen) atoms. The fourth-order valence-electron chi connectivity index (χ4n) is 1.78. The van der Waals surface area contributed by atoms with Crippen LogP contribution in [0.4, 0.5) is 0 Å². The molecule has 106 valence electrons. The van der Waals surface area contributed by atoms with E-state index >= 15 is 0 Å². The lowest BCUT2D eigenvalue weighted by Crippen LogP contribution is -2.07. The summed E-state index contributed by atoms with van der Waals surface area (Å²) in [6, 6.07) is 9.59. The van der Waals surface area contributed by atoms with Crippen LogP contribution in [0.1, 0.15) is 25.0 Å². The number of ether oxygens (including phenoxy) is 2. The minimum Gasteiger partial charge on any atom is -0.485 e. The van der Waals surface area contributed by atoms with Gasteiger partial charge >= 0.3 is 0 Å². The molecule has 0 aliphatic rings. The molecule has 0 saturated carbocycles. The van der Waals surface area contributed by atoms with E-state index in [4.69, 9.17) is 15.2 Å². The van der Waals surface area contributed by atoms with Crippen molar-refractivity contribution < 1.29 is 9.47 Å². The number of nitrogens with two attached hydrogens (primary N) is 1. The van der Waals surface area contributed by atoms with Gasteiger partial charge in [0.25, 0.3) is 5.88 Å². The Hall–Kier alpha value is -2.07. The molecule has 0 bridgehead atoms. The molecule has 1 heterocycles. The van der Waals surface area contributed by atoms with Gasteiger partial charge in [-0.05, 0) is 50.1 Å². The third kappa shape index (κ3) is 3.48. The molecule has 0 radical (unpaired) electrons. The topological polar surface area (TPSA) is 57.4 Å². The minimum absolute atomic E-state index is 0.0676. The van der Waals surface area contributed by atoms with Gasteiger partial charge in [0, 0.05) is 12.7 Å². The smallest absolute Gasteiger partial charge is 0.262 e. The van der Waals surface area contributed by atoms with Crippen LogP contribution in [0.25, 0.3) is 0 Å². The number of benzene rings is 1. The summed E-state index contributed by atoms with van der Waals surface area (Å²) in [4.78, 5) is 4.25. The van der Waals surface area contributed by atoms with Crippen molar-refractivity contribution >= 4 is 0 Å². The van der Waals surface area contributed by atoms with Gasteiger partial charge in [-0.1, -0.05) is 12.1 Å². The monoisotopic (exact) mass is 272 g/mol. The maximum atomic E-state index is 5.89. The van der Waals surface area contributed by atoms with Crippen molar-refractivity contribution in [1.29, 1.82) is 0 Å². The van der Waals surface area contributed by atoms with Crippen molar-refractivity contribution in [3.63, 3.8) is 0 Å². The molecule has 2 N–H and O–H groups in total. The van der Waals surface area contributed by atoms with E-state index in [2.05, 4.69) is 4.98 Å². The lowest BCUT2D eigenvalue weighted by molar-refractivity contribution is 0.231. The highest BCUT2D eigenvalue weighted by molar-refractivity contribution is 5.42. The van der Waals surface area contributed by atoms with Crippen LogP contribution in [0.2, 0.25) is 0 Å². The molecule has 0 amide bonds. The molecule has 2 aromatic rings. The summed E-state index contributed by atoms with van der Waals surface area (Å²) >= 11 is 0. The zero-order valence-electron chi connectivity index (χ0n) is 12.1. The van der Waals surface area contributed by atoms with Crippen LogP contribution in [-0.2, 0) is 6.54 Å². The van der Waals surface area contributed by atoms with Crippen molar-refractivity contribution in [1.82, 2.24) is 4.98 Å². The maximum Gasteiger partial charge on any atom is 0.262 e. The number of hydrogen-bond donors (Lipinski definition) is 1. The van der Waals surface area contributed by atoms with Crippen LogP contribution in [0.5, 0.6) is 17.4 Å². The van der Waals surface area contributed by atoms with Crippen molar-refractivity contribution in [2.24, 2.45) is 5.73 Å². The fourth-order valence-corrected chi connectivity index (χ4v) is 1.78. The van der Waals surface area contributed by atoms with Gasteiger partial charge in [0.1, 0.15) is 5.75 Å². The van der Waals surface area contributed by atoms with Crippen LogP contribution in [-0.4, -0.2) is 11.1 Å². The molecular formula is C16H20N2O2. The fraction of sp³-hybridized carbons (Fsp3) is 0.312. The van der Waals surface area contributed by atoms with Gasteiger partial charge in [0.15, 0.2) is 5.75 Å². The number of rotatable bonds is 5. The third-order valence-electron chi connectivity index (χ3n) is 2.79. The number of pyridine rings is 1. The molecule has 0 atom stereocenters. The van der Waals surface area contributed by atoms with E-state index in [1.165, 1.54) is 0 Å². The SMILES string of the molecule is Cc1ccc(CN)cc1Oc1ncccc1OC(C)C. The molecule has 0 fully saturated rings. The van der Waals surface area contributed by atoms with E-state index in [1.807, 2.05) is 51.1 Å². The molecule has 4 heteroatoms. The average molecular weight is 272 g/mol. The van der Waals surface area contributed by atoms with Crippen LogP contribution in [0.15, 0.2) is 36.5 Å². The first-order chi connectivity index (χ1) is 9.60. The lowest BCUT2D eigenvalue weighted by atomic mass is 10.1. The molecule has 2 rings (SSSR count). The highest BCUT2D eigenvalue weighted by Crippen LogP contribution is 2.31. The van der Waals surface area contributed by atoms with E-state index < -0.39 is 0 Å². The predicted molar refractivity (Wildman–Crippen MR) is 79.1 cm³/mol. The molecule has 0 aliphatic heterocycles. The molecule has 0 aliphatic carbocycles. The molecular weight excluding hydrogens is 252 g/mol. The van der Waals surface area contributed by atoms with Gasteiger partial charge in [0.2, 0.25) is 0 Å². The molecule has 1 aromatic carbocycles. The van der Waals surface area contributed by atoms with E-state index in [0.717, 1.165) is 16.9 Å². The summed E-state index contributed by atoms with van der Waals surface area (Å²) in [5.74, 6) is 1.86. The van der Waals surface area contributed by atoms with E-state index in [0.29, 0.717) is 18.2 Å². The Labute approximate surface area is 119 Å². The molecule has 0 spiro atoms. The van der Waals surface area contributed by atoms with Gasteiger partial charge in [-0.2, -0.15) is 0 Å². The summed E-state index contributed by atoms with van der Waals surface area (Å²) in [6.45, 7) is 6.41. The Kier molecular flexibility index (Phi) is 4.58. The number of nitrogens with zero attached hydrogens (tertiary/aromatic N) is 1. The average Bonchev–Trinajstić information content (AvgIpc) is 2.43. The number of aryl methyl sites for hydroxylation is 1. The van der Waals surface area contributed by atoms with Crippen LogP contribution in [0.3, 0.4) is 0 Å². The molecule has 4 nitrogen and oxygen atoms in total. The standard InChI is InChI=1S/C16H20N2O2/c1-11(2)19-14-5-4-8-18-16(14)20-15-9-13(10-17)7-6-12(15)3/h4-9,11H,10,17H2,1-3H3. The summed E-state index contributed by atoms with van der Waals surface area (Å²) in [5.41, 5.74) is 7.71. The highest BCUT2D eigenvalue weighted by Gasteiger charge is 2.10. The number of aromatic nitrogens is 1. The summed E-state index contributed by atoms with van der Waals surface area (Å²) in [6.07, 6.45) is 1.75. The second-order valence-corrected chi connectivity index (χ2v) is 4.88. The summed E-state index contributed by atoms with van der Waals surface area (Å²) in [5, 5.41) is 0. The first kappa shape index (κ1) is 14.3. The Morgan fingerprint density at radius 3 is 2.70 bits per heavy atom. The van der Waals surface area contributed by atoms with Crippen LogP contribution < -0.4 is 15.2 Å². The van der Waals surface area contributed by atoms with E-state index in [9.17, 15) is 0 Å². The van der Waals surface area contributed by atoms with Gasteiger partial charge in [0.05, 0.1) is 6.10 Å². The maximum absolute atomic E-state index is 5.89. The Morgan fingerprint density at radius 1 is 1.20 bits per heavy atom. The van der Waals surface area contributed by atoms with Crippen molar-refractivity contribution in [2.75, 3.05) is 0 Å². The Balaban J connectivity index is 2.30. The second-order valence-electron chi connectivity index (χ2n) is 4.88. The number of hydrogen-bond acceptors (Lipinski definition) is 4. The predicted octanol–water partition coefficient (Wildman–Crippen LogP) is 3.43. The van der Waals surface area contributed by atoms with Gasteiger partial charge in [-0.3, -0.25) is 0 Å². The zero-order valence-corrected chi connectivity index (χ0v) is 12.1. The first-order valence-corrected chi connectivity index (χ1v) is 6.69.